The Morgan fingerprint density at radius 2 is 1.82 bits per heavy atom. The topological polar surface area (TPSA) is 76.7 Å². The molecule has 0 saturated carbocycles. The summed E-state index contributed by atoms with van der Waals surface area (Å²) < 4.78 is 12.1. The summed E-state index contributed by atoms with van der Waals surface area (Å²) in [5.41, 5.74) is 4.66. The molecular weight excluding hydrogens is 400 g/mol. The van der Waals surface area contributed by atoms with Gasteiger partial charge >= 0.3 is 0 Å². The van der Waals surface area contributed by atoms with Crippen LogP contribution in [0.4, 0.5) is 0 Å². The van der Waals surface area contributed by atoms with Crippen LogP contribution in [0, 0.1) is 0 Å². The van der Waals surface area contributed by atoms with Gasteiger partial charge in [-0.1, -0.05) is 41.9 Å². The molecule has 0 spiro atoms. The van der Waals surface area contributed by atoms with E-state index in [1.165, 1.54) is 17.4 Å². The lowest BCUT2D eigenvalue weighted by atomic mass is 10.2. The van der Waals surface area contributed by atoms with Crippen LogP contribution < -0.4 is 20.3 Å². The molecule has 4 rings (SSSR count). The van der Waals surface area contributed by atoms with Gasteiger partial charge < -0.3 is 9.47 Å². The predicted octanol–water partition coefficient (Wildman–Crippen LogP) is 3.56. The van der Waals surface area contributed by atoms with Gasteiger partial charge in [0.1, 0.15) is 6.61 Å². The lowest BCUT2D eigenvalue weighted by molar-refractivity contribution is -0.134. The Morgan fingerprint density at radius 3 is 2.64 bits per heavy atom. The Morgan fingerprint density at radius 1 is 1.07 bits per heavy atom. The monoisotopic (exact) mass is 414 g/mol. The highest BCUT2D eigenvalue weighted by Crippen LogP contribution is 2.35. The van der Waals surface area contributed by atoms with Crippen molar-refractivity contribution in [2.45, 2.75) is 6.10 Å². The summed E-state index contributed by atoms with van der Waals surface area (Å²) in [4.78, 5) is 25.0. The van der Waals surface area contributed by atoms with Crippen molar-refractivity contribution in [3.63, 3.8) is 0 Å². The lowest BCUT2D eigenvalue weighted by Crippen LogP contribution is -2.50. The molecule has 0 saturated heterocycles. The zero-order valence-electron chi connectivity index (χ0n) is 14.5. The molecular formula is C20H15ClN2O4S. The second kappa shape index (κ2) is 7.92. The molecule has 1 aliphatic rings. The molecule has 0 aliphatic carbocycles. The van der Waals surface area contributed by atoms with Gasteiger partial charge in [0, 0.05) is 21.0 Å². The smallest absolute Gasteiger partial charge is 0.283 e. The van der Waals surface area contributed by atoms with Crippen molar-refractivity contribution in [2.75, 3.05) is 6.61 Å². The van der Waals surface area contributed by atoms with Crippen molar-refractivity contribution < 1.29 is 19.1 Å². The fourth-order valence-corrected chi connectivity index (χ4v) is 4.08. The highest BCUT2D eigenvalue weighted by molar-refractivity contribution is 7.20. The average Bonchev–Trinajstić information content (AvgIpc) is 3.06. The molecule has 2 heterocycles. The molecule has 0 radical (unpaired) electrons. The second-order valence-corrected chi connectivity index (χ2v) is 7.41. The molecule has 1 aliphatic heterocycles. The van der Waals surface area contributed by atoms with Crippen LogP contribution in [-0.4, -0.2) is 24.5 Å². The van der Waals surface area contributed by atoms with E-state index in [2.05, 4.69) is 10.9 Å². The molecule has 2 aromatic carbocycles. The van der Waals surface area contributed by atoms with Crippen LogP contribution in [-0.2, 0) is 9.59 Å². The van der Waals surface area contributed by atoms with Gasteiger partial charge in [-0.05, 0) is 24.3 Å². The number of hydrazine groups is 1. The van der Waals surface area contributed by atoms with E-state index in [9.17, 15) is 9.59 Å². The first-order valence-electron chi connectivity index (χ1n) is 8.45. The van der Waals surface area contributed by atoms with Gasteiger partial charge in [-0.2, -0.15) is 0 Å². The maximum absolute atomic E-state index is 12.2. The van der Waals surface area contributed by atoms with E-state index in [0.29, 0.717) is 16.5 Å². The quantitative estimate of drug-likeness (QED) is 0.507. The summed E-state index contributed by atoms with van der Waals surface area (Å²) in [6.07, 6.45) is 2.08. The molecule has 0 fully saturated rings. The third kappa shape index (κ3) is 3.81. The Labute approximate surface area is 169 Å². The number of fused-ring (bicyclic) bond motifs is 2. The summed E-state index contributed by atoms with van der Waals surface area (Å²) in [7, 11) is 0. The number of hydrogen-bond donors (Lipinski definition) is 2. The van der Waals surface area contributed by atoms with Crippen LogP contribution >= 0.6 is 22.9 Å². The maximum atomic E-state index is 12.2. The van der Waals surface area contributed by atoms with E-state index >= 15 is 0 Å². The molecule has 1 unspecified atom stereocenters. The maximum Gasteiger partial charge on any atom is 0.283 e. The highest BCUT2D eigenvalue weighted by atomic mass is 35.5. The molecule has 6 nitrogen and oxygen atoms in total. The molecule has 142 valence electrons. The number of para-hydroxylation sites is 2. The number of rotatable bonds is 3. The SMILES string of the molecule is O=C(/C=C/c1sc2ccccc2c1Cl)NNC(=O)C1COc2ccccc2O1. The first-order valence-corrected chi connectivity index (χ1v) is 9.64. The Bertz CT molecular complexity index is 1080. The molecule has 8 heteroatoms. The van der Waals surface area contributed by atoms with E-state index in [-0.39, 0.29) is 6.61 Å². The number of halogens is 1. The fourth-order valence-electron chi connectivity index (χ4n) is 2.69. The van der Waals surface area contributed by atoms with Gasteiger partial charge in [0.2, 0.25) is 6.10 Å². The molecule has 0 bridgehead atoms. The van der Waals surface area contributed by atoms with Crippen molar-refractivity contribution in [3.8, 4) is 11.5 Å². The van der Waals surface area contributed by atoms with Crippen molar-refractivity contribution in [3.05, 3.63) is 64.5 Å². The summed E-state index contributed by atoms with van der Waals surface area (Å²) in [6, 6.07) is 14.8. The number of ether oxygens (including phenoxy) is 2. The minimum absolute atomic E-state index is 0.0615. The number of thiophene rings is 1. The van der Waals surface area contributed by atoms with Gasteiger partial charge in [-0.25, -0.2) is 0 Å². The van der Waals surface area contributed by atoms with E-state index in [0.717, 1.165) is 15.0 Å². The number of nitrogens with one attached hydrogen (secondary N) is 2. The second-order valence-electron chi connectivity index (χ2n) is 5.95. The van der Waals surface area contributed by atoms with Crippen molar-refractivity contribution in [1.29, 1.82) is 0 Å². The fraction of sp³-hybridized carbons (Fsp3) is 0.100. The minimum Gasteiger partial charge on any atom is -0.485 e. The summed E-state index contributed by atoms with van der Waals surface area (Å²) in [6.45, 7) is 0.0615. The molecule has 1 atom stereocenters. The molecule has 2 N–H and O–H groups in total. The molecule has 28 heavy (non-hydrogen) atoms. The van der Waals surface area contributed by atoms with Crippen molar-refractivity contribution in [1.82, 2.24) is 10.9 Å². The van der Waals surface area contributed by atoms with E-state index < -0.39 is 17.9 Å². The molecule has 3 aromatic rings. The first kappa shape index (κ1) is 18.3. The van der Waals surface area contributed by atoms with Gasteiger partial charge in [-0.15, -0.1) is 11.3 Å². The highest BCUT2D eigenvalue weighted by Gasteiger charge is 2.27. The van der Waals surface area contributed by atoms with Crippen LogP contribution in [0.5, 0.6) is 11.5 Å². The zero-order chi connectivity index (χ0) is 19.5. The van der Waals surface area contributed by atoms with E-state index in [1.807, 2.05) is 30.3 Å². The third-order valence-corrected chi connectivity index (χ3v) is 5.71. The third-order valence-electron chi connectivity index (χ3n) is 4.06. The summed E-state index contributed by atoms with van der Waals surface area (Å²) >= 11 is 7.82. The molecule has 1 aromatic heterocycles. The summed E-state index contributed by atoms with van der Waals surface area (Å²) in [5, 5.41) is 1.54. The Kier molecular flexibility index (Phi) is 5.18. The standard InChI is InChI=1S/C20H15ClN2O4S/c21-19-12-5-1-4-8-16(12)28-17(19)9-10-18(24)22-23-20(25)15-11-26-13-6-2-3-7-14(13)27-15/h1-10,15H,11H2,(H,22,24)(H,23,25)/b10-9+. The Hall–Kier alpha value is -3.03. The normalized spacial score (nSPS) is 15.5. The van der Waals surface area contributed by atoms with Crippen LogP contribution in [0.3, 0.4) is 0 Å². The number of carbonyl (C=O) groups is 2. The van der Waals surface area contributed by atoms with Crippen molar-refractivity contribution >= 4 is 50.9 Å². The number of amides is 2. The van der Waals surface area contributed by atoms with Crippen LogP contribution in [0.15, 0.2) is 54.6 Å². The van der Waals surface area contributed by atoms with Gasteiger partial charge in [0.05, 0.1) is 5.02 Å². The molecule has 2 amide bonds. The van der Waals surface area contributed by atoms with E-state index in [4.69, 9.17) is 21.1 Å². The van der Waals surface area contributed by atoms with Gasteiger partial charge in [0.25, 0.3) is 11.8 Å². The number of hydrogen-bond acceptors (Lipinski definition) is 5. The van der Waals surface area contributed by atoms with Crippen LogP contribution in [0.2, 0.25) is 5.02 Å². The van der Waals surface area contributed by atoms with E-state index in [1.54, 1.807) is 24.3 Å². The van der Waals surface area contributed by atoms with Crippen LogP contribution in [0.25, 0.3) is 16.2 Å². The van der Waals surface area contributed by atoms with Gasteiger partial charge in [-0.3, -0.25) is 20.4 Å². The number of carbonyl (C=O) groups excluding carboxylic acids is 2. The van der Waals surface area contributed by atoms with Crippen molar-refractivity contribution in [2.24, 2.45) is 0 Å². The lowest BCUT2D eigenvalue weighted by Gasteiger charge is -2.25. The zero-order valence-corrected chi connectivity index (χ0v) is 16.0. The van der Waals surface area contributed by atoms with Crippen LogP contribution in [0.1, 0.15) is 4.88 Å². The number of benzene rings is 2. The summed E-state index contributed by atoms with van der Waals surface area (Å²) in [5.74, 6) is 0.0772. The average molecular weight is 415 g/mol. The largest absolute Gasteiger partial charge is 0.485 e. The van der Waals surface area contributed by atoms with Gasteiger partial charge in [0.15, 0.2) is 11.5 Å². The Balaban J connectivity index is 1.33. The predicted molar refractivity (Wildman–Crippen MR) is 109 cm³/mol. The minimum atomic E-state index is -0.851. The first-order chi connectivity index (χ1) is 13.6.